The first kappa shape index (κ1) is 41.1. The third-order valence-corrected chi connectivity index (χ3v) is 11.1. The average Bonchev–Trinajstić information content (AvgIpc) is 3.17. The van der Waals surface area contributed by atoms with Gasteiger partial charge in [0.2, 0.25) is 0 Å². The Bertz CT molecular complexity index is 2210. The van der Waals surface area contributed by atoms with Crippen LogP contribution in [0.15, 0.2) is 30.3 Å². The average molecular weight is 811 g/mol. The first-order chi connectivity index (χ1) is 27.4. The molecule has 2 fully saturated rings. The summed E-state index contributed by atoms with van der Waals surface area (Å²) in [5, 5.41) is 104. The van der Waals surface area contributed by atoms with E-state index in [-0.39, 0.29) is 38.9 Å². The van der Waals surface area contributed by atoms with Gasteiger partial charge in [0.15, 0.2) is 24.1 Å². The highest BCUT2D eigenvalue weighted by Gasteiger charge is 2.51. The number of aryl methyl sites for hydroxylation is 1. The smallest absolute Gasteiger partial charge is 0.325 e. The van der Waals surface area contributed by atoms with Gasteiger partial charge in [0.1, 0.15) is 66.0 Å². The molecule has 3 aromatic rings. The van der Waals surface area contributed by atoms with Gasteiger partial charge in [-0.15, -0.1) is 0 Å². The molecule has 3 aromatic carbocycles. The molecule has 0 spiro atoms. The maximum absolute atomic E-state index is 13.9. The van der Waals surface area contributed by atoms with Gasteiger partial charge in [0.25, 0.3) is 5.91 Å². The number of likely N-dealkylation sites (N-methyl/N-ethyl adjacent to an activating group) is 1. The zero-order chi connectivity index (χ0) is 42.2. The number of aliphatic carboxylic acids is 1. The molecule has 11 N–H and O–H groups in total. The number of carboxylic acid groups (broad SMARTS) is 1. The molecule has 2 heterocycles. The topological polar surface area (TPSA) is 311 Å². The van der Waals surface area contributed by atoms with E-state index in [0.717, 1.165) is 6.07 Å². The molecule has 10 unspecified atom stereocenters. The van der Waals surface area contributed by atoms with E-state index in [1.54, 1.807) is 6.92 Å². The molecule has 19 heteroatoms. The number of ether oxygens (including phenoxy) is 4. The number of carbonyl (C=O) groups is 4. The van der Waals surface area contributed by atoms with E-state index in [9.17, 15) is 65.1 Å². The molecule has 310 valence electrons. The third kappa shape index (κ3) is 6.49. The lowest BCUT2D eigenvalue weighted by Crippen LogP contribution is -2.65. The van der Waals surface area contributed by atoms with Crippen LogP contribution in [0.1, 0.15) is 84.9 Å². The van der Waals surface area contributed by atoms with Crippen LogP contribution >= 0.6 is 0 Å². The minimum Gasteiger partial charge on any atom is -0.507 e. The number of hydrogen-bond acceptors (Lipinski definition) is 17. The minimum absolute atomic E-state index is 0.0443. The summed E-state index contributed by atoms with van der Waals surface area (Å²) in [5.74, 6) is -6.38. The van der Waals surface area contributed by atoms with Gasteiger partial charge in [-0.1, -0.05) is 18.2 Å². The molecule has 0 bridgehead atoms. The van der Waals surface area contributed by atoms with E-state index in [0.29, 0.717) is 0 Å². The lowest BCUT2D eigenvalue weighted by molar-refractivity contribution is -0.339. The number of nitrogens with one attached hydrogen (secondary N) is 2. The normalized spacial score (nSPS) is 30.7. The van der Waals surface area contributed by atoms with Crippen molar-refractivity contribution in [2.75, 3.05) is 13.7 Å². The van der Waals surface area contributed by atoms with Gasteiger partial charge in [-0.3, -0.25) is 19.2 Å². The molecule has 58 heavy (non-hydrogen) atoms. The van der Waals surface area contributed by atoms with Crippen molar-refractivity contribution in [1.82, 2.24) is 10.6 Å². The highest BCUT2D eigenvalue weighted by Crippen LogP contribution is 2.57. The summed E-state index contributed by atoms with van der Waals surface area (Å²) in [6.07, 6.45) is -15.4. The minimum atomic E-state index is -1.87. The number of carbonyl (C=O) groups excluding carboxylic acids is 3. The largest absolute Gasteiger partial charge is 0.507 e. The summed E-state index contributed by atoms with van der Waals surface area (Å²) in [5.41, 5.74) is -3.02. The fourth-order valence-electron chi connectivity index (χ4n) is 8.13. The van der Waals surface area contributed by atoms with Crippen LogP contribution in [0.3, 0.4) is 0 Å². The van der Waals surface area contributed by atoms with E-state index in [1.165, 1.54) is 45.2 Å². The van der Waals surface area contributed by atoms with E-state index in [2.05, 4.69) is 10.6 Å². The van der Waals surface area contributed by atoms with Crippen LogP contribution in [0.5, 0.6) is 17.2 Å². The van der Waals surface area contributed by atoms with Crippen molar-refractivity contribution in [2.24, 2.45) is 0 Å². The molecule has 0 aromatic heterocycles. The van der Waals surface area contributed by atoms with Gasteiger partial charge in [0, 0.05) is 22.3 Å². The summed E-state index contributed by atoms with van der Waals surface area (Å²) in [6.45, 7) is 3.78. The van der Waals surface area contributed by atoms with Gasteiger partial charge < -0.3 is 75.5 Å². The van der Waals surface area contributed by atoms with Crippen molar-refractivity contribution in [3.05, 3.63) is 74.8 Å². The lowest BCUT2D eigenvalue weighted by Gasteiger charge is -2.47. The van der Waals surface area contributed by atoms with Crippen molar-refractivity contribution in [2.45, 2.75) is 94.3 Å². The Morgan fingerprint density at radius 1 is 0.845 bits per heavy atom. The number of rotatable bonds is 8. The molecule has 4 aliphatic rings. The second-order valence-corrected chi connectivity index (χ2v) is 14.8. The van der Waals surface area contributed by atoms with Gasteiger partial charge in [0.05, 0.1) is 35.4 Å². The number of phenols is 3. The number of carboxylic acids is 1. The first-order valence-electron chi connectivity index (χ1n) is 18.3. The molecule has 1 amide bonds. The predicted molar refractivity (Wildman–Crippen MR) is 194 cm³/mol. The number of aliphatic hydroxyl groups excluding tert-OH is 5. The Hall–Kier alpha value is -5.06. The second-order valence-electron chi connectivity index (χ2n) is 14.8. The molecular weight excluding hydrogens is 768 g/mol. The SMILES string of the molecule is CNC1C(C)OC(O[C@H]2c3cc(C)c(C(=O)NC(C)C(=O)O)c(O)c3-c3c(cc4c(c3O)C(=O)c3cccc(O)c3C4=O)[C@@H]2O)C(O)C1OC1OCC(O)C(O)C1O. The lowest BCUT2D eigenvalue weighted by atomic mass is 9.74. The van der Waals surface area contributed by atoms with Crippen molar-refractivity contribution >= 4 is 23.4 Å². The summed E-state index contributed by atoms with van der Waals surface area (Å²) in [6, 6.07) is 3.98. The number of hydrogen-bond donors (Lipinski definition) is 11. The first-order valence-corrected chi connectivity index (χ1v) is 18.3. The molecule has 0 saturated carbocycles. The fourth-order valence-corrected chi connectivity index (χ4v) is 8.13. The van der Waals surface area contributed by atoms with Gasteiger partial charge in [-0.2, -0.15) is 0 Å². The standard InChI is InChI=1S/C39H42N2O17/c1-11-8-17-23(30(48)20(11)36(52)41-12(2)37(53)54)22-15(9-16-24(31(22)49)26(44)14-6-5-7-18(42)21(14)27(16)45)28(46)34(17)57-39-33(51)35(25(40-4)13(3)56-39)58-38-32(50)29(47)19(43)10-55-38/h5-9,12-13,19,25,28-29,32-35,38-40,42-43,46-51H,10H2,1-4H3,(H,41,52)(H,53,54)/t12?,13?,19?,25?,28-,29?,32?,33?,34-,35?,38?,39?/m0/s1. The number of benzene rings is 3. The Labute approximate surface area is 329 Å². The fraction of sp³-hybridized carbons (Fsp3) is 0.436. The summed E-state index contributed by atoms with van der Waals surface area (Å²) in [7, 11) is 1.54. The summed E-state index contributed by atoms with van der Waals surface area (Å²) >= 11 is 0. The Balaban J connectivity index is 1.36. The molecule has 2 saturated heterocycles. The molecule has 12 atom stereocenters. The van der Waals surface area contributed by atoms with E-state index < -0.39 is 137 Å². The Kier molecular flexibility index (Phi) is 10.8. The summed E-state index contributed by atoms with van der Waals surface area (Å²) in [4.78, 5) is 52.8. The Morgan fingerprint density at radius 2 is 1.52 bits per heavy atom. The van der Waals surface area contributed by atoms with Crippen LogP contribution in [0.4, 0.5) is 0 Å². The number of phenolic OH excluding ortho intramolecular Hbond substituents is 3. The third-order valence-electron chi connectivity index (χ3n) is 11.1. The number of aliphatic hydroxyl groups is 5. The van der Waals surface area contributed by atoms with Crippen LogP contribution in [-0.2, 0) is 23.7 Å². The van der Waals surface area contributed by atoms with Gasteiger partial charge in [-0.25, -0.2) is 0 Å². The monoisotopic (exact) mass is 810 g/mol. The van der Waals surface area contributed by atoms with Crippen molar-refractivity contribution < 1.29 is 84.1 Å². The maximum atomic E-state index is 13.9. The number of ketones is 2. The quantitative estimate of drug-likeness (QED) is 0.106. The molecular formula is C39H42N2O17. The van der Waals surface area contributed by atoms with E-state index >= 15 is 0 Å². The highest BCUT2D eigenvalue weighted by atomic mass is 16.7. The van der Waals surface area contributed by atoms with E-state index in [4.69, 9.17) is 18.9 Å². The number of aromatic hydroxyl groups is 3. The predicted octanol–water partition coefficient (Wildman–Crippen LogP) is -0.620. The van der Waals surface area contributed by atoms with Crippen LogP contribution in [0, 0.1) is 6.92 Å². The zero-order valence-corrected chi connectivity index (χ0v) is 31.3. The molecule has 19 nitrogen and oxygen atoms in total. The zero-order valence-electron chi connectivity index (χ0n) is 31.3. The summed E-state index contributed by atoms with van der Waals surface area (Å²) < 4.78 is 23.7. The van der Waals surface area contributed by atoms with E-state index in [1.807, 2.05) is 0 Å². The highest BCUT2D eigenvalue weighted by molar-refractivity contribution is 6.31. The Morgan fingerprint density at radius 3 is 2.19 bits per heavy atom. The van der Waals surface area contributed by atoms with Crippen LogP contribution in [0.25, 0.3) is 11.1 Å². The number of amides is 1. The second kappa shape index (κ2) is 15.3. The molecule has 7 rings (SSSR count). The van der Waals surface area contributed by atoms with Gasteiger partial charge in [-0.05, 0) is 56.6 Å². The van der Waals surface area contributed by atoms with Crippen molar-refractivity contribution in [1.29, 1.82) is 0 Å². The van der Waals surface area contributed by atoms with Crippen LogP contribution in [0.2, 0.25) is 0 Å². The number of fused-ring (bicyclic) bond motifs is 5. The van der Waals surface area contributed by atoms with Crippen molar-refractivity contribution in [3.8, 4) is 28.4 Å². The van der Waals surface area contributed by atoms with Crippen LogP contribution in [-0.4, -0.2) is 144 Å². The molecule has 2 aliphatic carbocycles. The van der Waals surface area contributed by atoms with Gasteiger partial charge >= 0.3 is 5.97 Å². The maximum Gasteiger partial charge on any atom is 0.325 e. The van der Waals surface area contributed by atoms with Crippen molar-refractivity contribution in [3.63, 3.8) is 0 Å². The van der Waals surface area contributed by atoms with Crippen LogP contribution < -0.4 is 10.6 Å². The molecule has 2 aliphatic heterocycles. The molecule has 0 radical (unpaired) electrons.